The lowest BCUT2D eigenvalue weighted by atomic mass is 10.1. The van der Waals surface area contributed by atoms with Crippen molar-refractivity contribution in [3.63, 3.8) is 0 Å². The average molecular weight is 256 g/mol. The summed E-state index contributed by atoms with van der Waals surface area (Å²) < 4.78 is 25.1. The summed E-state index contributed by atoms with van der Waals surface area (Å²) in [5, 5.41) is 2.83. The summed E-state index contributed by atoms with van der Waals surface area (Å²) in [6.45, 7) is 0.652. The largest absolute Gasteiger partial charge is 0.360 e. The van der Waals surface area contributed by atoms with Crippen LogP contribution in [0.4, 0.5) is 8.78 Å². The Labute approximate surface area is 84.2 Å². The summed E-state index contributed by atoms with van der Waals surface area (Å²) in [4.78, 5) is 7.73. The van der Waals surface area contributed by atoms with E-state index in [1.165, 1.54) is 0 Å². The fraction of sp³-hybridized carbons (Fsp3) is 0.875. The Bertz CT molecular complexity index is 185. The maximum atomic E-state index is 12.6. The zero-order valence-corrected chi connectivity index (χ0v) is 8.74. The van der Waals surface area contributed by atoms with E-state index < -0.39 is 16.7 Å². The van der Waals surface area contributed by atoms with Crippen molar-refractivity contribution in [1.29, 1.82) is 0 Å². The smallest absolute Gasteiger partial charge is 0.307 e. The first kappa shape index (κ1) is 11.0. The number of rotatable bonds is 2. The Morgan fingerprint density at radius 3 is 2.69 bits per heavy atom. The molecule has 1 atom stereocenters. The zero-order chi connectivity index (χ0) is 9.90. The Balaban J connectivity index is 2.54. The number of halogens is 3. The van der Waals surface area contributed by atoms with E-state index in [-0.39, 0.29) is 0 Å². The van der Waals surface area contributed by atoms with Crippen molar-refractivity contribution in [3.8, 4) is 0 Å². The van der Waals surface area contributed by atoms with Crippen molar-refractivity contribution in [2.75, 3.05) is 6.54 Å². The molecule has 2 nitrogen and oxygen atoms in total. The van der Waals surface area contributed by atoms with Gasteiger partial charge in [0.2, 0.25) is 5.78 Å². The van der Waals surface area contributed by atoms with E-state index in [1.807, 2.05) is 0 Å². The molecule has 1 N–H and O–H groups in total. The number of hydrogen-bond acceptors (Lipinski definition) is 2. The second-order valence-electron chi connectivity index (χ2n) is 3.22. The summed E-state index contributed by atoms with van der Waals surface area (Å²) >= 11 is 2.08. The van der Waals surface area contributed by atoms with Gasteiger partial charge in [-0.3, -0.25) is 4.79 Å². The highest BCUT2D eigenvalue weighted by Gasteiger charge is 2.39. The molecular weight excluding hydrogens is 244 g/mol. The van der Waals surface area contributed by atoms with Gasteiger partial charge in [0.1, 0.15) is 0 Å². The van der Waals surface area contributed by atoms with Crippen molar-refractivity contribution in [1.82, 2.24) is 5.32 Å². The molecule has 76 valence electrons. The normalized spacial score (nSPS) is 25.3. The fourth-order valence-electron chi connectivity index (χ4n) is 1.45. The summed E-state index contributed by atoms with van der Waals surface area (Å²) in [7, 11) is 0. The lowest BCUT2D eigenvalue weighted by Gasteiger charge is -2.17. The van der Waals surface area contributed by atoms with Gasteiger partial charge in [0.25, 0.3) is 0 Å². The van der Waals surface area contributed by atoms with Crippen molar-refractivity contribution in [2.45, 2.75) is 36.6 Å². The molecule has 13 heavy (non-hydrogen) atoms. The standard InChI is InChI=1S/C8H12BrF2NO/c9-8(10,11)7(13)6-4-2-1-3-5-12-6/h6,12H,1-5H2. The third-order valence-corrected chi connectivity index (χ3v) is 2.55. The Hall–Kier alpha value is -0.0300. The Morgan fingerprint density at radius 1 is 1.38 bits per heavy atom. The second-order valence-corrected chi connectivity index (χ2v) is 4.21. The van der Waals surface area contributed by atoms with Crippen LogP contribution in [0, 0.1) is 0 Å². The lowest BCUT2D eigenvalue weighted by Crippen LogP contribution is -2.42. The third-order valence-electron chi connectivity index (χ3n) is 2.16. The first-order chi connectivity index (χ1) is 6.02. The minimum atomic E-state index is -3.38. The molecule has 1 aliphatic rings. The van der Waals surface area contributed by atoms with E-state index >= 15 is 0 Å². The van der Waals surface area contributed by atoms with E-state index in [4.69, 9.17) is 0 Å². The molecule has 1 fully saturated rings. The van der Waals surface area contributed by atoms with Crippen LogP contribution in [0.3, 0.4) is 0 Å². The molecule has 0 spiro atoms. The maximum Gasteiger partial charge on any atom is 0.360 e. The van der Waals surface area contributed by atoms with Crippen molar-refractivity contribution < 1.29 is 13.6 Å². The predicted octanol–water partition coefficient (Wildman–Crippen LogP) is 2.08. The van der Waals surface area contributed by atoms with Crippen LogP contribution in [-0.4, -0.2) is 23.2 Å². The summed E-state index contributed by atoms with van der Waals surface area (Å²) in [5.74, 6) is -1.05. The number of hydrogen-bond donors (Lipinski definition) is 1. The monoisotopic (exact) mass is 255 g/mol. The number of ketones is 1. The third kappa shape index (κ3) is 3.31. The molecule has 1 heterocycles. The van der Waals surface area contributed by atoms with Crippen LogP contribution in [0.15, 0.2) is 0 Å². The quantitative estimate of drug-likeness (QED) is 0.766. The molecule has 0 saturated carbocycles. The maximum absolute atomic E-state index is 12.6. The molecule has 0 bridgehead atoms. The van der Waals surface area contributed by atoms with Crippen molar-refractivity contribution in [3.05, 3.63) is 0 Å². The topological polar surface area (TPSA) is 29.1 Å². The molecule has 1 rings (SSSR count). The molecule has 1 aliphatic heterocycles. The molecule has 0 aromatic rings. The molecule has 0 aromatic carbocycles. The van der Waals surface area contributed by atoms with Gasteiger partial charge in [-0.2, -0.15) is 8.78 Å². The van der Waals surface area contributed by atoms with Gasteiger partial charge < -0.3 is 5.32 Å². The summed E-state index contributed by atoms with van der Waals surface area (Å²) in [6.07, 6.45) is 3.31. The minimum absolute atomic E-state index is 0.514. The molecule has 0 aliphatic carbocycles. The van der Waals surface area contributed by atoms with Crippen LogP contribution >= 0.6 is 15.9 Å². The van der Waals surface area contributed by atoms with E-state index in [0.29, 0.717) is 13.0 Å². The molecule has 0 aromatic heterocycles. The molecule has 1 unspecified atom stereocenters. The number of carbonyl (C=O) groups is 1. The highest BCUT2D eigenvalue weighted by atomic mass is 79.9. The van der Waals surface area contributed by atoms with Gasteiger partial charge in [-0.25, -0.2) is 0 Å². The lowest BCUT2D eigenvalue weighted by molar-refractivity contribution is -0.134. The number of Topliss-reactive ketones (excluding diaryl/α,β-unsaturated/α-hetero) is 1. The Kier molecular flexibility index (Phi) is 3.79. The van der Waals surface area contributed by atoms with Gasteiger partial charge in [-0.1, -0.05) is 12.8 Å². The zero-order valence-electron chi connectivity index (χ0n) is 7.16. The van der Waals surface area contributed by atoms with Gasteiger partial charge in [0.05, 0.1) is 6.04 Å². The van der Waals surface area contributed by atoms with E-state index in [1.54, 1.807) is 0 Å². The van der Waals surface area contributed by atoms with Crippen molar-refractivity contribution >= 4 is 21.7 Å². The van der Waals surface area contributed by atoms with Gasteiger partial charge in [-0.05, 0) is 35.3 Å². The molecule has 0 radical (unpaired) electrons. The van der Waals surface area contributed by atoms with Crippen LogP contribution in [0.25, 0.3) is 0 Å². The van der Waals surface area contributed by atoms with Crippen LogP contribution in [-0.2, 0) is 4.79 Å². The molecule has 5 heteroatoms. The Morgan fingerprint density at radius 2 is 2.08 bits per heavy atom. The fourth-order valence-corrected chi connectivity index (χ4v) is 1.73. The van der Waals surface area contributed by atoms with Gasteiger partial charge in [0, 0.05) is 0 Å². The summed E-state index contributed by atoms with van der Waals surface area (Å²) in [6, 6.07) is -0.683. The van der Waals surface area contributed by atoms with Gasteiger partial charge in [-0.15, -0.1) is 0 Å². The van der Waals surface area contributed by atoms with E-state index in [2.05, 4.69) is 21.2 Å². The van der Waals surface area contributed by atoms with E-state index in [0.717, 1.165) is 19.3 Å². The molecular formula is C8H12BrF2NO. The van der Waals surface area contributed by atoms with Crippen LogP contribution in [0.5, 0.6) is 0 Å². The molecule has 1 saturated heterocycles. The van der Waals surface area contributed by atoms with Crippen molar-refractivity contribution in [2.24, 2.45) is 0 Å². The average Bonchev–Trinajstić information content (AvgIpc) is 2.28. The molecule has 0 amide bonds. The first-order valence-corrected chi connectivity index (χ1v) is 5.15. The summed E-state index contributed by atoms with van der Waals surface area (Å²) in [5.41, 5.74) is 0. The second kappa shape index (κ2) is 4.46. The SMILES string of the molecule is O=C(C1CCCCCN1)C(F)(F)Br. The highest BCUT2D eigenvalue weighted by molar-refractivity contribution is 9.10. The number of carbonyl (C=O) groups excluding carboxylic acids is 1. The first-order valence-electron chi connectivity index (χ1n) is 4.36. The minimum Gasteiger partial charge on any atom is -0.307 e. The predicted molar refractivity (Wildman–Crippen MR) is 49.1 cm³/mol. The van der Waals surface area contributed by atoms with Crippen LogP contribution < -0.4 is 5.32 Å². The number of nitrogens with one attached hydrogen (secondary N) is 1. The van der Waals surface area contributed by atoms with Crippen LogP contribution in [0.2, 0.25) is 0 Å². The number of alkyl halides is 3. The van der Waals surface area contributed by atoms with Crippen LogP contribution in [0.1, 0.15) is 25.7 Å². The highest BCUT2D eigenvalue weighted by Crippen LogP contribution is 2.26. The van der Waals surface area contributed by atoms with Gasteiger partial charge >= 0.3 is 4.83 Å². The van der Waals surface area contributed by atoms with Gasteiger partial charge in [0.15, 0.2) is 0 Å². The van der Waals surface area contributed by atoms with E-state index in [9.17, 15) is 13.6 Å².